The van der Waals surface area contributed by atoms with Crippen LogP contribution in [0.15, 0.2) is 118 Å². The Morgan fingerprint density at radius 2 is 1.50 bits per heavy atom. The van der Waals surface area contributed by atoms with Crippen molar-refractivity contribution in [3.63, 3.8) is 0 Å². The van der Waals surface area contributed by atoms with Gasteiger partial charge in [-0.2, -0.15) is 0 Å². The summed E-state index contributed by atoms with van der Waals surface area (Å²) in [7, 11) is 4.64. The van der Waals surface area contributed by atoms with Crippen molar-refractivity contribution in [3.8, 4) is 23.0 Å². The van der Waals surface area contributed by atoms with Crippen LogP contribution < -0.4 is 73.8 Å². The molecule has 2 aliphatic carbocycles. The number of nitrogens with zero attached hydrogens (tertiary/aromatic N) is 4. The fourth-order valence-corrected chi connectivity index (χ4v) is 10.8. The Kier molecular flexibility index (Phi) is 23.9. The van der Waals surface area contributed by atoms with Crippen LogP contribution >= 0.6 is 0 Å². The molecule has 0 bridgehead atoms. The summed E-state index contributed by atoms with van der Waals surface area (Å²) < 4.78 is 35.3. The third kappa shape index (κ3) is 17.9. The molecule has 4 aromatic carbocycles. The van der Waals surface area contributed by atoms with Gasteiger partial charge in [-0.05, 0) is 105 Å². The van der Waals surface area contributed by atoms with Gasteiger partial charge >= 0.3 is 18.2 Å². The fraction of sp³-hybridized carbons (Fsp3) is 0.403. The molecular formula is C62H78N14O14. The van der Waals surface area contributed by atoms with Gasteiger partial charge in [-0.3, -0.25) is 38.9 Å². The first-order chi connectivity index (χ1) is 43.2. The molecule has 1 saturated carbocycles. The van der Waals surface area contributed by atoms with E-state index in [1.807, 2.05) is 25.1 Å². The number of ether oxygens (including phenoxy) is 6. The van der Waals surface area contributed by atoms with Gasteiger partial charge in [0.2, 0.25) is 29.5 Å². The highest BCUT2D eigenvalue weighted by atomic mass is 16.6. The lowest BCUT2D eigenvalue weighted by atomic mass is 9.50. The first-order valence-corrected chi connectivity index (χ1v) is 29.2. The molecule has 1 fully saturated rings. The van der Waals surface area contributed by atoms with E-state index in [4.69, 9.17) is 51.4 Å². The highest BCUT2D eigenvalue weighted by molar-refractivity contribution is 5.99. The third-order valence-corrected chi connectivity index (χ3v) is 15.2. The molecule has 28 nitrogen and oxygen atoms in total. The largest absolute Gasteiger partial charge is 0.493 e. The number of methoxy groups -OCH3 is 1. The van der Waals surface area contributed by atoms with E-state index >= 15 is 0 Å². The van der Waals surface area contributed by atoms with Gasteiger partial charge in [0.15, 0.2) is 29.5 Å². The molecule has 6 atom stereocenters. The number of unbranched alkanes of at least 4 members (excludes halogenated alkanes) is 1. The summed E-state index contributed by atoms with van der Waals surface area (Å²) in [5.74, 6) is -2.20. The molecule has 1 aliphatic heterocycles. The lowest BCUT2D eigenvalue weighted by molar-refractivity contribution is -0.130. The lowest BCUT2D eigenvalue weighted by Crippen LogP contribution is -2.61. The molecule has 1 unspecified atom stereocenters. The van der Waals surface area contributed by atoms with Crippen molar-refractivity contribution in [2.24, 2.45) is 43.8 Å². The van der Waals surface area contributed by atoms with Crippen molar-refractivity contribution >= 4 is 71.0 Å². The Morgan fingerprint density at radius 3 is 2.21 bits per heavy atom. The van der Waals surface area contributed by atoms with Crippen LogP contribution in [-0.4, -0.2) is 155 Å². The van der Waals surface area contributed by atoms with Crippen LogP contribution in [-0.2, 0) is 45.5 Å². The van der Waals surface area contributed by atoms with Crippen LogP contribution in [0.3, 0.4) is 0 Å². The smallest absolute Gasteiger partial charge is 0.415 e. The van der Waals surface area contributed by atoms with Gasteiger partial charge in [0, 0.05) is 70.3 Å². The zero-order valence-corrected chi connectivity index (χ0v) is 50.8. The van der Waals surface area contributed by atoms with Crippen molar-refractivity contribution < 1.29 is 66.8 Å². The van der Waals surface area contributed by atoms with E-state index in [0.29, 0.717) is 35.8 Å². The molecule has 0 aromatic heterocycles. The molecule has 3 aliphatic rings. The molecule has 0 saturated heterocycles. The van der Waals surface area contributed by atoms with Gasteiger partial charge in [0.1, 0.15) is 48.6 Å². The van der Waals surface area contributed by atoms with Crippen molar-refractivity contribution in [2.45, 2.75) is 95.0 Å². The minimum atomic E-state index is -1.42. The first-order valence-electron chi connectivity index (χ1n) is 29.2. The number of alkyl carbamates (subject to hydrolysis) is 1. The van der Waals surface area contributed by atoms with Gasteiger partial charge < -0.3 is 83.3 Å². The molecule has 28 heteroatoms. The Bertz CT molecular complexity index is 3370. The predicted octanol–water partition coefficient (Wildman–Crippen LogP) is 2.51. The zero-order chi connectivity index (χ0) is 64.9. The maximum atomic E-state index is 14.5. The number of likely N-dealkylation sites (N-methyl/N-ethyl adjacent to an activating group) is 1. The van der Waals surface area contributed by atoms with E-state index in [9.17, 15) is 38.4 Å². The lowest BCUT2D eigenvalue weighted by Gasteiger charge is -2.53. The number of aryl methyl sites for hydroxylation is 1. The van der Waals surface area contributed by atoms with Crippen LogP contribution in [0, 0.1) is 12.8 Å². The summed E-state index contributed by atoms with van der Waals surface area (Å²) in [4.78, 5) is 121. The number of carbonyl (C=O) groups is 8. The second-order valence-electron chi connectivity index (χ2n) is 21.5. The highest BCUT2D eigenvalue weighted by Gasteiger charge is 2.66. The summed E-state index contributed by atoms with van der Waals surface area (Å²) in [6, 6.07) is 21.5. The molecule has 90 heavy (non-hydrogen) atoms. The highest BCUT2D eigenvalue weighted by Crippen LogP contribution is 2.64. The summed E-state index contributed by atoms with van der Waals surface area (Å²) in [6.07, 6.45) is 1.19. The van der Waals surface area contributed by atoms with E-state index < -0.39 is 90.4 Å². The number of benzene rings is 4. The Hall–Kier alpha value is -10.4. The molecule has 1 spiro atoms. The Morgan fingerprint density at radius 1 is 0.778 bits per heavy atom. The van der Waals surface area contributed by atoms with Gasteiger partial charge in [-0.25, -0.2) is 19.4 Å². The van der Waals surface area contributed by atoms with Gasteiger partial charge in [0.25, 0.3) is 0 Å². The maximum Gasteiger partial charge on any atom is 0.415 e. The molecule has 0 radical (unpaired) electrons. The second kappa shape index (κ2) is 32.0. The quantitative estimate of drug-likeness (QED) is 0.0118. The summed E-state index contributed by atoms with van der Waals surface area (Å²) in [5.41, 5.74) is 25.6. The van der Waals surface area contributed by atoms with Crippen molar-refractivity contribution in [1.29, 1.82) is 0 Å². The van der Waals surface area contributed by atoms with E-state index in [1.54, 1.807) is 74.8 Å². The van der Waals surface area contributed by atoms with Crippen LogP contribution in [0.5, 0.6) is 23.0 Å². The molecule has 7 rings (SSSR count). The molecule has 14 N–H and O–H groups in total. The number of hydrogen-bond donors (Lipinski definition) is 10. The standard InChI is InChI=1S/C62H78N14O14/c1-36-19-25-48(85-5)52-51(36)62-32-46(67-3)43(62)24-26-49(53(62)90-52)89-61(84)76(4)47(33-72-55(80)44(18-12-28-70-58(63)64)74-50(78)34-71-37(2)77)56(81)68-27-10-9-17-45(75-60(83)87-35-38-13-7-6-8-14-38)54(79)69-29-30-86-41-22-20-39(21-23-41)57(82)88-42-16-11-15-40(31-42)73-59(65)66/h6-8,11,13-16,19-23,25-26,31,43-45,47,53H,9-10,12,17-18,24,27-30,32-35H2,1-5H3,(H,68,81)(H,69,79)(H,71,77)(H,72,80)(H,74,78)(H,75,83)(H4,63,64,70)(H4,65,66,73)/t43-,44-,45-,47?,53-,62-/m0/s1. The normalized spacial score (nSPS) is 17.1. The van der Waals surface area contributed by atoms with Crippen molar-refractivity contribution in [2.75, 3.05) is 60.5 Å². The Labute approximate surface area is 520 Å². The van der Waals surface area contributed by atoms with Crippen LogP contribution in [0.4, 0.5) is 15.3 Å². The number of amides is 7. The number of allylic oxidation sites excluding steroid dienone is 1. The van der Waals surface area contributed by atoms with Crippen LogP contribution in [0.2, 0.25) is 0 Å². The number of nitrogens with two attached hydrogens (primary N) is 4. The number of rotatable bonds is 30. The third-order valence-electron chi connectivity index (χ3n) is 15.2. The van der Waals surface area contributed by atoms with E-state index in [0.717, 1.165) is 27.3 Å². The number of esters is 1. The van der Waals surface area contributed by atoms with Crippen molar-refractivity contribution in [3.05, 3.63) is 125 Å². The summed E-state index contributed by atoms with van der Waals surface area (Å²) in [6.45, 7) is 2.42. The van der Waals surface area contributed by atoms with Crippen molar-refractivity contribution in [1.82, 2.24) is 36.8 Å². The number of nitrogens with one attached hydrogen (secondary N) is 6. The monoisotopic (exact) mass is 1240 g/mol. The summed E-state index contributed by atoms with van der Waals surface area (Å²) >= 11 is 0. The molecule has 480 valence electrons. The number of guanidine groups is 2. The van der Waals surface area contributed by atoms with Crippen LogP contribution in [0.25, 0.3) is 0 Å². The average Bonchev–Trinajstić information content (AvgIpc) is 1.45. The number of aliphatic imine (C=N–C) groups is 3. The van der Waals surface area contributed by atoms with Gasteiger partial charge in [-0.1, -0.05) is 42.5 Å². The summed E-state index contributed by atoms with van der Waals surface area (Å²) in [5, 5.41) is 15.9. The number of carbonyl (C=O) groups excluding carboxylic acids is 8. The van der Waals surface area contributed by atoms with Gasteiger partial charge in [-0.15, -0.1) is 0 Å². The minimum absolute atomic E-state index is 0.00670. The fourth-order valence-electron chi connectivity index (χ4n) is 10.8. The topological polar surface area (TPSA) is 409 Å². The molecular weight excluding hydrogens is 1160 g/mol. The number of fused-ring (bicyclic) bond motifs is 1. The SMILES string of the molecule is CN=C1C[C@]23c4c(C)ccc(OC)c4O[C@H]2C(OC(=O)N(C)C(CNC(=O)[C@H](CCCN=C(N)N)NC(=O)CNC(C)=O)C(=O)NCCCC[C@H](NC(=O)OCc2ccccc2)C(=O)NCCOc2ccc(C(=O)Oc4cccc(N=C(N)N)c4)cc2)=CC[C@@H]13. The van der Waals surface area contributed by atoms with E-state index in [-0.39, 0.29) is 99.9 Å². The average molecular weight is 1240 g/mol. The Balaban J connectivity index is 0.999. The predicted molar refractivity (Wildman–Crippen MR) is 332 cm³/mol. The first kappa shape index (κ1) is 67.1. The van der Waals surface area contributed by atoms with E-state index in [2.05, 4.69) is 46.9 Å². The van der Waals surface area contributed by atoms with Crippen LogP contribution in [0.1, 0.15) is 78.9 Å². The van der Waals surface area contributed by atoms with E-state index in [1.165, 1.54) is 32.2 Å². The van der Waals surface area contributed by atoms with Gasteiger partial charge in [0.05, 0.1) is 36.9 Å². The number of hydrogen-bond acceptors (Lipinski definition) is 17. The zero-order valence-electron chi connectivity index (χ0n) is 50.8. The second-order valence-corrected chi connectivity index (χ2v) is 21.5. The molecule has 4 aromatic rings. The minimum Gasteiger partial charge on any atom is -0.493 e. The molecule has 1 heterocycles. The maximum absolute atomic E-state index is 14.5. The molecule has 7 amide bonds.